The highest BCUT2D eigenvalue weighted by Crippen LogP contribution is 2.21. The van der Waals surface area contributed by atoms with Gasteiger partial charge in [0.1, 0.15) is 20.9 Å². The Balaban J connectivity index is 2.01. The molecule has 0 saturated carbocycles. The standard InChI is InChI=1S/C14H14N2O3S2/c1-19-13-5-3-2-4-11(13)8-9-16-21(17,18)14-7-6-12(10-15)20-14/h2-7,16H,8-9H2,1H3. The third kappa shape index (κ3) is 3.82. The van der Waals surface area contributed by atoms with E-state index in [2.05, 4.69) is 4.72 Å². The fourth-order valence-corrected chi connectivity index (χ4v) is 4.01. The van der Waals surface area contributed by atoms with Crippen LogP contribution in [0.25, 0.3) is 0 Å². The maximum Gasteiger partial charge on any atom is 0.250 e. The molecule has 0 spiro atoms. The van der Waals surface area contributed by atoms with Gasteiger partial charge in [-0.25, -0.2) is 13.1 Å². The maximum absolute atomic E-state index is 12.1. The van der Waals surface area contributed by atoms with Crippen LogP contribution in [-0.2, 0) is 16.4 Å². The van der Waals surface area contributed by atoms with Crippen LogP contribution in [0.2, 0.25) is 0 Å². The fourth-order valence-electron chi connectivity index (χ4n) is 1.83. The summed E-state index contributed by atoms with van der Waals surface area (Å²) in [5.41, 5.74) is 0.937. The molecule has 0 amide bonds. The molecule has 0 aliphatic heterocycles. The van der Waals surface area contributed by atoms with Gasteiger partial charge in [-0.3, -0.25) is 0 Å². The summed E-state index contributed by atoms with van der Waals surface area (Å²) in [7, 11) is -1.98. The molecule has 0 aliphatic carbocycles. The van der Waals surface area contributed by atoms with Crippen LogP contribution in [0.5, 0.6) is 5.75 Å². The molecule has 0 aliphatic rings. The molecule has 5 nitrogen and oxygen atoms in total. The predicted molar refractivity (Wildman–Crippen MR) is 80.9 cm³/mol. The lowest BCUT2D eigenvalue weighted by atomic mass is 10.1. The topological polar surface area (TPSA) is 79.2 Å². The normalized spacial score (nSPS) is 11.0. The van der Waals surface area contributed by atoms with Crippen molar-refractivity contribution in [2.75, 3.05) is 13.7 Å². The number of thiophene rings is 1. The number of ether oxygens (including phenoxy) is 1. The predicted octanol–water partition coefficient (Wildman–Crippen LogP) is 2.15. The third-order valence-corrected chi connectivity index (χ3v) is 5.78. The Morgan fingerprint density at radius 1 is 1.29 bits per heavy atom. The maximum atomic E-state index is 12.1. The quantitative estimate of drug-likeness (QED) is 0.884. The zero-order valence-corrected chi connectivity index (χ0v) is 13.0. The summed E-state index contributed by atoms with van der Waals surface area (Å²) in [6, 6.07) is 12.3. The second-order valence-electron chi connectivity index (χ2n) is 4.19. The molecule has 0 bridgehead atoms. The van der Waals surface area contributed by atoms with Crippen molar-refractivity contribution in [3.8, 4) is 11.8 Å². The Kier molecular flexibility index (Phi) is 4.96. The molecule has 7 heteroatoms. The summed E-state index contributed by atoms with van der Waals surface area (Å²) >= 11 is 0.957. The van der Waals surface area contributed by atoms with Crippen LogP contribution < -0.4 is 9.46 Å². The molecule has 2 rings (SSSR count). The molecule has 110 valence electrons. The summed E-state index contributed by atoms with van der Waals surface area (Å²) in [6.45, 7) is 0.266. The molecule has 1 aromatic heterocycles. The van der Waals surface area contributed by atoms with Gasteiger partial charge in [-0.15, -0.1) is 11.3 Å². The summed E-state index contributed by atoms with van der Waals surface area (Å²) in [4.78, 5) is 0.375. The van der Waals surface area contributed by atoms with Crippen LogP contribution >= 0.6 is 11.3 Å². The zero-order valence-electron chi connectivity index (χ0n) is 11.4. The number of nitriles is 1. The highest BCUT2D eigenvalue weighted by atomic mass is 32.2. The van der Waals surface area contributed by atoms with Gasteiger partial charge in [0.2, 0.25) is 10.0 Å². The van der Waals surface area contributed by atoms with Crippen molar-refractivity contribution in [3.05, 3.63) is 46.8 Å². The van der Waals surface area contributed by atoms with E-state index in [1.54, 1.807) is 7.11 Å². The van der Waals surface area contributed by atoms with Gasteiger partial charge in [0.15, 0.2) is 0 Å². The average Bonchev–Trinajstić information content (AvgIpc) is 2.97. The summed E-state index contributed by atoms with van der Waals surface area (Å²) in [5, 5.41) is 8.73. The molecule has 0 fully saturated rings. The van der Waals surface area contributed by atoms with E-state index in [0.29, 0.717) is 11.3 Å². The molecule has 21 heavy (non-hydrogen) atoms. The minimum Gasteiger partial charge on any atom is -0.496 e. The Morgan fingerprint density at radius 3 is 2.71 bits per heavy atom. The number of rotatable bonds is 6. The van der Waals surface area contributed by atoms with Crippen molar-refractivity contribution in [3.63, 3.8) is 0 Å². The van der Waals surface area contributed by atoms with Crippen molar-refractivity contribution in [1.29, 1.82) is 5.26 Å². The molecular formula is C14H14N2O3S2. The number of methoxy groups -OCH3 is 1. The Morgan fingerprint density at radius 2 is 2.05 bits per heavy atom. The number of nitrogens with one attached hydrogen (secondary N) is 1. The molecule has 0 radical (unpaired) electrons. The van der Waals surface area contributed by atoms with E-state index in [4.69, 9.17) is 10.00 Å². The van der Waals surface area contributed by atoms with Gasteiger partial charge in [-0.1, -0.05) is 18.2 Å². The second kappa shape index (κ2) is 6.72. The van der Waals surface area contributed by atoms with Gasteiger partial charge in [0.25, 0.3) is 0 Å². The van der Waals surface area contributed by atoms with E-state index in [9.17, 15) is 8.42 Å². The van der Waals surface area contributed by atoms with Gasteiger partial charge in [-0.05, 0) is 30.2 Å². The third-order valence-electron chi connectivity index (χ3n) is 2.84. The van der Waals surface area contributed by atoms with Crippen molar-refractivity contribution < 1.29 is 13.2 Å². The summed E-state index contributed by atoms with van der Waals surface area (Å²) in [5.74, 6) is 0.736. The molecule has 1 N–H and O–H groups in total. The first-order chi connectivity index (χ1) is 10.1. The van der Waals surface area contributed by atoms with Crippen LogP contribution in [0.15, 0.2) is 40.6 Å². The molecular weight excluding hydrogens is 308 g/mol. The van der Waals surface area contributed by atoms with Gasteiger partial charge in [0.05, 0.1) is 7.11 Å². The number of hydrogen-bond acceptors (Lipinski definition) is 5. The van der Waals surface area contributed by atoms with E-state index >= 15 is 0 Å². The van der Waals surface area contributed by atoms with E-state index in [-0.39, 0.29) is 10.8 Å². The van der Waals surface area contributed by atoms with Gasteiger partial charge >= 0.3 is 0 Å². The molecule has 1 heterocycles. The van der Waals surface area contributed by atoms with Crippen molar-refractivity contribution in [2.45, 2.75) is 10.6 Å². The smallest absolute Gasteiger partial charge is 0.250 e. The SMILES string of the molecule is COc1ccccc1CCNS(=O)(=O)c1ccc(C#N)s1. The van der Waals surface area contributed by atoms with E-state index < -0.39 is 10.0 Å². The number of benzene rings is 1. The Hall–Kier alpha value is -1.88. The Bertz CT molecular complexity index is 761. The zero-order chi connectivity index (χ0) is 15.3. The van der Waals surface area contributed by atoms with Gasteiger partial charge in [0, 0.05) is 6.54 Å². The van der Waals surface area contributed by atoms with E-state index in [0.717, 1.165) is 22.6 Å². The van der Waals surface area contributed by atoms with Crippen molar-refractivity contribution in [2.24, 2.45) is 0 Å². The lowest BCUT2D eigenvalue weighted by Gasteiger charge is -2.08. The number of para-hydroxylation sites is 1. The monoisotopic (exact) mass is 322 g/mol. The molecule has 0 saturated heterocycles. The Labute approximate surface area is 127 Å². The van der Waals surface area contributed by atoms with Crippen LogP contribution in [0.4, 0.5) is 0 Å². The first-order valence-electron chi connectivity index (χ1n) is 6.18. The van der Waals surface area contributed by atoms with E-state index in [1.807, 2.05) is 30.3 Å². The summed E-state index contributed by atoms with van der Waals surface area (Å²) < 4.78 is 32.0. The van der Waals surface area contributed by atoms with Crippen LogP contribution in [0, 0.1) is 11.3 Å². The fraction of sp³-hybridized carbons (Fsp3) is 0.214. The minimum absolute atomic E-state index is 0.152. The van der Waals surface area contributed by atoms with Crippen LogP contribution in [-0.4, -0.2) is 22.1 Å². The van der Waals surface area contributed by atoms with Gasteiger partial charge in [-0.2, -0.15) is 5.26 Å². The summed E-state index contributed by atoms with van der Waals surface area (Å²) in [6.07, 6.45) is 0.528. The second-order valence-corrected chi connectivity index (χ2v) is 7.27. The number of sulfonamides is 1. The first-order valence-corrected chi connectivity index (χ1v) is 8.48. The average molecular weight is 322 g/mol. The molecule has 2 aromatic rings. The van der Waals surface area contributed by atoms with Crippen LogP contribution in [0.3, 0.4) is 0 Å². The van der Waals surface area contributed by atoms with Crippen molar-refractivity contribution in [1.82, 2.24) is 4.72 Å². The highest BCUT2D eigenvalue weighted by Gasteiger charge is 2.16. The minimum atomic E-state index is -3.56. The molecule has 1 aromatic carbocycles. The molecule has 0 atom stereocenters. The molecule has 0 unspecified atom stereocenters. The van der Waals surface area contributed by atoms with E-state index in [1.165, 1.54) is 12.1 Å². The largest absolute Gasteiger partial charge is 0.496 e. The highest BCUT2D eigenvalue weighted by molar-refractivity contribution is 7.91. The lowest BCUT2D eigenvalue weighted by Crippen LogP contribution is -2.25. The lowest BCUT2D eigenvalue weighted by molar-refractivity contribution is 0.409. The van der Waals surface area contributed by atoms with Gasteiger partial charge < -0.3 is 4.74 Å². The van der Waals surface area contributed by atoms with Crippen LogP contribution in [0.1, 0.15) is 10.4 Å². The first kappa shape index (κ1) is 15.5. The van der Waals surface area contributed by atoms with Crippen molar-refractivity contribution >= 4 is 21.4 Å². The number of nitrogens with zero attached hydrogens (tertiary/aromatic N) is 1. The number of hydrogen-bond donors (Lipinski definition) is 1.